The largest absolute Gasteiger partial charge is 0.494 e. The molecule has 0 radical (unpaired) electrons. The molecule has 0 fully saturated rings. The smallest absolute Gasteiger partial charge is 0.172 e. The average Bonchev–Trinajstić information content (AvgIpc) is 2.90. The minimum atomic E-state index is -0.289. The number of rotatable bonds is 2. The number of halogens is 1. The standard InChI is InChI=1S/C16H16FNO/c1-10-6-7-11(13-8-9-18-16(10)13)12-4-3-5-14(19-2)15(12)17/h3-7,18H,8-9H2,1-2H3. The zero-order chi connectivity index (χ0) is 13.4. The van der Waals surface area contributed by atoms with Crippen molar-refractivity contribution in [3.63, 3.8) is 0 Å². The van der Waals surface area contributed by atoms with Crippen molar-refractivity contribution in [2.75, 3.05) is 19.0 Å². The van der Waals surface area contributed by atoms with E-state index in [1.54, 1.807) is 12.1 Å². The summed E-state index contributed by atoms with van der Waals surface area (Å²) in [5.41, 5.74) is 5.13. The predicted octanol–water partition coefficient (Wildman–Crippen LogP) is 3.78. The van der Waals surface area contributed by atoms with Crippen molar-refractivity contribution in [3.8, 4) is 16.9 Å². The molecule has 3 heteroatoms. The monoisotopic (exact) mass is 257 g/mol. The van der Waals surface area contributed by atoms with Crippen molar-refractivity contribution in [1.29, 1.82) is 0 Å². The van der Waals surface area contributed by atoms with Crippen LogP contribution in [-0.4, -0.2) is 13.7 Å². The Morgan fingerprint density at radius 1 is 1.16 bits per heavy atom. The highest BCUT2D eigenvalue weighted by Gasteiger charge is 2.20. The maximum Gasteiger partial charge on any atom is 0.172 e. The van der Waals surface area contributed by atoms with Gasteiger partial charge in [0.25, 0.3) is 0 Å². The van der Waals surface area contributed by atoms with E-state index in [-0.39, 0.29) is 11.6 Å². The molecule has 0 aromatic heterocycles. The summed E-state index contributed by atoms with van der Waals surface area (Å²) in [6.07, 6.45) is 0.934. The second-order valence-corrected chi connectivity index (χ2v) is 4.78. The normalized spacial score (nSPS) is 13.0. The lowest BCUT2D eigenvalue weighted by molar-refractivity contribution is 0.387. The fourth-order valence-electron chi connectivity index (χ4n) is 2.71. The molecule has 0 aliphatic carbocycles. The van der Waals surface area contributed by atoms with Crippen LogP contribution in [0.5, 0.6) is 5.75 Å². The molecule has 19 heavy (non-hydrogen) atoms. The van der Waals surface area contributed by atoms with Crippen molar-refractivity contribution in [2.45, 2.75) is 13.3 Å². The van der Waals surface area contributed by atoms with Gasteiger partial charge >= 0.3 is 0 Å². The molecule has 98 valence electrons. The summed E-state index contributed by atoms with van der Waals surface area (Å²) >= 11 is 0. The number of hydrogen-bond donors (Lipinski definition) is 1. The van der Waals surface area contributed by atoms with Crippen LogP contribution in [0.15, 0.2) is 30.3 Å². The van der Waals surface area contributed by atoms with Gasteiger partial charge in [-0.1, -0.05) is 24.3 Å². The topological polar surface area (TPSA) is 21.3 Å². The molecule has 1 heterocycles. The first-order chi connectivity index (χ1) is 9.22. The maximum atomic E-state index is 14.4. The van der Waals surface area contributed by atoms with E-state index in [9.17, 15) is 4.39 Å². The molecule has 2 aromatic carbocycles. The molecule has 0 bridgehead atoms. The second kappa shape index (κ2) is 4.57. The van der Waals surface area contributed by atoms with Crippen molar-refractivity contribution >= 4 is 5.69 Å². The van der Waals surface area contributed by atoms with Crippen LogP contribution in [0.1, 0.15) is 11.1 Å². The van der Waals surface area contributed by atoms with Crippen LogP contribution in [0.4, 0.5) is 10.1 Å². The molecule has 0 amide bonds. The van der Waals surface area contributed by atoms with Crippen molar-refractivity contribution in [1.82, 2.24) is 0 Å². The first kappa shape index (κ1) is 12.0. The number of aryl methyl sites for hydroxylation is 1. The molecule has 0 saturated heterocycles. The first-order valence-electron chi connectivity index (χ1n) is 6.41. The second-order valence-electron chi connectivity index (χ2n) is 4.78. The predicted molar refractivity (Wildman–Crippen MR) is 75.3 cm³/mol. The number of methoxy groups -OCH3 is 1. The summed E-state index contributed by atoms with van der Waals surface area (Å²) in [5.74, 6) is 0.000680. The van der Waals surface area contributed by atoms with E-state index in [0.29, 0.717) is 5.56 Å². The molecule has 0 saturated carbocycles. The number of nitrogens with one attached hydrogen (secondary N) is 1. The first-order valence-corrected chi connectivity index (χ1v) is 6.41. The van der Waals surface area contributed by atoms with Crippen LogP contribution < -0.4 is 10.1 Å². The minimum absolute atomic E-state index is 0.289. The zero-order valence-electron chi connectivity index (χ0n) is 11.1. The Kier molecular flexibility index (Phi) is 2.90. The molecule has 0 atom stereocenters. The van der Waals surface area contributed by atoms with Gasteiger partial charge in [0, 0.05) is 17.8 Å². The number of hydrogen-bond acceptors (Lipinski definition) is 2. The van der Waals surface area contributed by atoms with E-state index in [1.807, 2.05) is 18.2 Å². The Balaban J connectivity index is 2.21. The third-order valence-corrected chi connectivity index (χ3v) is 3.67. The number of ether oxygens (including phenoxy) is 1. The number of benzene rings is 2. The van der Waals surface area contributed by atoms with Gasteiger partial charge in [0.1, 0.15) is 0 Å². The molecule has 3 rings (SSSR count). The lowest BCUT2D eigenvalue weighted by atomic mass is 9.95. The van der Waals surface area contributed by atoms with E-state index in [0.717, 1.165) is 24.2 Å². The Hall–Kier alpha value is -2.03. The fraction of sp³-hybridized carbons (Fsp3) is 0.250. The SMILES string of the molecule is COc1cccc(-c2ccc(C)c3c2CCN3)c1F. The third kappa shape index (κ3) is 1.86. The molecule has 1 N–H and O–H groups in total. The van der Waals surface area contributed by atoms with Gasteiger partial charge in [-0.2, -0.15) is 0 Å². The maximum absolute atomic E-state index is 14.4. The Labute approximate surface area is 112 Å². The van der Waals surface area contributed by atoms with Gasteiger partial charge in [-0.25, -0.2) is 4.39 Å². The van der Waals surface area contributed by atoms with Crippen molar-refractivity contribution < 1.29 is 9.13 Å². The highest BCUT2D eigenvalue weighted by molar-refractivity contribution is 5.78. The molecular formula is C16H16FNO. The molecule has 0 unspecified atom stereocenters. The van der Waals surface area contributed by atoms with Gasteiger partial charge in [-0.15, -0.1) is 0 Å². The van der Waals surface area contributed by atoms with Crippen LogP contribution in [0.2, 0.25) is 0 Å². The van der Waals surface area contributed by atoms with Crippen molar-refractivity contribution in [2.24, 2.45) is 0 Å². The van der Waals surface area contributed by atoms with Gasteiger partial charge in [-0.3, -0.25) is 0 Å². The molecule has 1 aliphatic rings. The van der Waals surface area contributed by atoms with E-state index in [2.05, 4.69) is 12.2 Å². The highest BCUT2D eigenvalue weighted by Crippen LogP contribution is 2.38. The number of anilines is 1. The Bertz CT molecular complexity index is 637. The highest BCUT2D eigenvalue weighted by atomic mass is 19.1. The molecule has 2 nitrogen and oxygen atoms in total. The van der Waals surface area contributed by atoms with Gasteiger partial charge in [0.05, 0.1) is 7.11 Å². The van der Waals surface area contributed by atoms with Gasteiger partial charge in [0.2, 0.25) is 0 Å². The molecule has 1 aliphatic heterocycles. The lowest BCUT2D eigenvalue weighted by Crippen LogP contribution is -1.95. The third-order valence-electron chi connectivity index (χ3n) is 3.67. The fourth-order valence-corrected chi connectivity index (χ4v) is 2.71. The summed E-state index contributed by atoms with van der Waals surface area (Å²) < 4.78 is 19.4. The summed E-state index contributed by atoms with van der Waals surface area (Å²) in [6.45, 7) is 2.99. The van der Waals surface area contributed by atoms with E-state index in [1.165, 1.54) is 18.2 Å². The summed E-state index contributed by atoms with van der Waals surface area (Å²) in [7, 11) is 1.49. The van der Waals surface area contributed by atoms with Gasteiger partial charge in [-0.05, 0) is 36.1 Å². The minimum Gasteiger partial charge on any atom is -0.494 e. The average molecular weight is 257 g/mol. The van der Waals surface area contributed by atoms with E-state index in [4.69, 9.17) is 4.74 Å². The number of fused-ring (bicyclic) bond motifs is 1. The molecular weight excluding hydrogens is 241 g/mol. The van der Waals surface area contributed by atoms with Crippen LogP contribution in [0, 0.1) is 12.7 Å². The summed E-state index contributed by atoms with van der Waals surface area (Å²) in [4.78, 5) is 0. The quantitative estimate of drug-likeness (QED) is 0.884. The lowest BCUT2D eigenvalue weighted by Gasteiger charge is -2.13. The van der Waals surface area contributed by atoms with Crippen LogP contribution >= 0.6 is 0 Å². The van der Waals surface area contributed by atoms with Crippen molar-refractivity contribution in [3.05, 3.63) is 47.3 Å². The summed E-state index contributed by atoms with van der Waals surface area (Å²) in [6, 6.07) is 9.31. The molecule has 2 aromatic rings. The molecule has 0 spiro atoms. The van der Waals surface area contributed by atoms with Gasteiger partial charge < -0.3 is 10.1 Å². The Morgan fingerprint density at radius 2 is 2.00 bits per heavy atom. The van der Waals surface area contributed by atoms with E-state index >= 15 is 0 Å². The summed E-state index contributed by atoms with van der Waals surface area (Å²) in [5, 5.41) is 3.37. The Morgan fingerprint density at radius 3 is 2.79 bits per heavy atom. The van der Waals surface area contributed by atoms with Crippen LogP contribution in [0.25, 0.3) is 11.1 Å². The zero-order valence-corrected chi connectivity index (χ0v) is 11.1. The van der Waals surface area contributed by atoms with Crippen LogP contribution in [0.3, 0.4) is 0 Å². The van der Waals surface area contributed by atoms with E-state index < -0.39 is 0 Å². The van der Waals surface area contributed by atoms with Crippen LogP contribution in [-0.2, 0) is 6.42 Å². The van der Waals surface area contributed by atoms with Gasteiger partial charge in [0.15, 0.2) is 11.6 Å².